The second-order valence-corrected chi connectivity index (χ2v) is 5.94. The van der Waals surface area contributed by atoms with Crippen LogP contribution in [0.3, 0.4) is 0 Å². The first-order valence-corrected chi connectivity index (χ1v) is 7.91. The average Bonchev–Trinajstić information content (AvgIpc) is 2.82. The van der Waals surface area contributed by atoms with E-state index in [0.29, 0.717) is 28.6 Å². The average molecular weight is 328 g/mol. The summed E-state index contributed by atoms with van der Waals surface area (Å²) < 4.78 is 1.79. The summed E-state index contributed by atoms with van der Waals surface area (Å²) >= 11 is 6.01. The zero-order chi connectivity index (χ0) is 16.6. The number of pyridine rings is 1. The highest BCUT2D eigenvalue weighted by Gasteiger charge is 2.23. The molecule has 23 heavy (non-hydrogen) atoms. The quantitative estimate of drug-likeness (QED) is 0.720. The fourth-order valence-corrected chi connectivity index (χ4v) is 2.92. The number of nitrogens with zero attached hydrogens (tertiary/aromatic N) is 3. The normalized spacial score (nSPS) is 11.0. The van der Waals surface area contributed by atoms with Crippen molar-refractivity contribution in [1.29, 1.82) is 0 Å². The molecule has 0 radical (unpaired) electrons. The summed E-state index contributed by atoms with van der Waals surface area (Å²) in [6, 6.07) is 11.5. The van der Waals surface area contributed by atoms with Crippen LogP contribution in [0.5, 0.6) is 0 Å². The van der Waals surface area contributed by atoms with Gasteiger partial charge in [0.2, 0.25) is 0 Å². The molecule has 0 atom stereocenters. The Kier molecular flexibility index (Phi) is 4.09. The lowest BCUT2D eigenvalue weighted by Gasteiger charge is -2.21. The van der Waals surface area contributed by atoms with Gasteiger partial charge in [0.15, 0.2) is 0 Å². The fraction of sp³-hybridized carbons (Fsp3) is 0.222. The topological polar surface area (TPSA) is 37.6 Å². The van der Waals surface area contributed by atoms with E-state index >= 15 is 0 Å². The number of anilines is 1. The summed E-state index contributed by atoms with van der Waals surface area (Å²) in [6.45, 7) is 6.42. The molecule has 0 aliphatic carbocycles. The first kappa shape index (κ1) is 15.6. The predicted octanol–water partition coefficient (Wildman–Crippen LogP) is 4.27. The van der Waals surface area contributed by atoms with E-state index in [1.54, 1.807) is 27.6 Å². The van der Waals surface area contributed by atoms with Crippen LogP contribution in [0.4, 0.5) is 5.69 Å². The zero-order valence-corrected chi connectivity index (χ0v) is 14.1. The molecule has 3 rings (SSSR count). The van der Waals surface area contributed by atoms with Crippen molar-refractivity contribution in [3.8, 4) is 0 Å². The molecule has 5 heteroatoms. The number of imidazole rings is 1. The largest absolute Gasteiger partial charge is 0.307 e. The predicted molar refractivity (Wildman–Crippen MR) is 93.5 cm³/mol. The van der Waals surface area contributed by atoms with E-state index in [-0.39, 0.29) is 5.91 Å². The molecule has 0 aliphatic rings. The highest BCUT2D eigenvalue weighted by atomic mass is 35.5. The maximum Gasteiger partial charge on any atom is 0.277 e. The molecular formula is C18H18ClN3O. The Morgan fingerprint density at radius 2 is 2.04 bits per heavy atom. The lowest BCUT2D eigenvalue weighted by atomic mass is 10.2. The molecule has 0 N–H and O–H groups in total. The molecular weight excluding hydrogens is 310 g/mol. The van der Waals surface area contributed by atoms with Crippen LogP contribution in [-0.4, -0.2) is 21.8 Å². The first-order chi connectivity index (χ1) is 11.0. The number of carbonyl (C=O) groups is 1. The number of aryl methyl sites for hydroxylation is 2. The lowest BCUT2D eigenvalue weighted by Crippen LogP contribution is -2.32. The van der Waals surface area contributed by atoms with E-state index in [9.17, 15) is 4.79 Å². The SMILES string of the molecule is CCN(C(=O)c1c(C)nc2cc(Cl)ccn12)c1cccc(C)c1. The van der Waals surface area contributed by atoms with Gasteiger partial charge in [0.1, 0.15) is 11.3 Å². The van der Waals surface area contributed by atoms with Crippen molar-refractivity contribution in [3.05, 3.63) is 64.6 Å². The third-order valence-electron chi connectivity index (χ3n) is 3.84. The van der Waals surface area contributed by atoms with Gasteiger partial charge in [0, 0.05) is 29.5 Å². The molecule has 0 spiro atoms. The van der Waals surface area contributed by atoms with Crippen LogP contribution >= 0.6 is 11.6 Å². The fourth-order valence-electron chi connectivity index (χ4n) is 2.76. The molecule has 0 unspecified atom stereocenters. The summed E-state index contributed by atoms with van der Waals surface area (Å²) in [4.78, 5) is 19.3. The van der Waals surface area contributed by atoms with Crippen LogP contribution in [0.25, 0.3) is 5.65 Å². The van der Waals surface area contributed by atoms with Gasteiger partial charge in [-0.1, -0.05) is 23.7 Å². The van der Waals surface area contributed by atoms with E-state index in [2.05, 4.69) is 4.98 Å². The van der Waals surface area contributed by atoms with E-state index in [1.807, 2.05) is 45.0 Å². The summed E-state index contributed by atoms with van der Waals surface area (Å²) in [7, 11) is 0. The Balaban J connectivity index is 2.10. The summed E-state index contributed by atoms with van der Waals surface area (Å²) in [5.41, 5.74) is 3.96. The standard InChI is InChI=1S/C18H18ClN3O/c1-4-21(15-7-5-6-12(2)10-15)18(23)17-13(3)20-16-11-14(19)8-9-22(16)17/h5-11H,4H2,1-3H3. The first-order valence-electron chi connectivity index (χ1n) is 7.54. The van der Waals surface area contributed by atoms with Gasteiger partial charge in [0.05, 0.1) is 5.69 Å². The van der Waals surface area contributed by atoms with Gasteiger partial charge in [-0.15, -0.1) is 0 Å². The Morgan fingerprint density at radius 3 is 2.74 bits per heavy atom. The highest BCUT2D eigenvalue weighted by Crippen LogP contribution is 2.22. The molecule has 3 aromatic rings. The van der Waals surface area contributed by atoms with Gasteiger partial charge in [-0.25, -0.2) is 4.98 Å². The molecule has 2 heterocycles. The molecule has 0 aliphatic heterocycles. The zero-order valence-electron chi connectivity index (χ0n) is 13.4. The Labute approximate surface area is 140 Å². The highest BCUT2D eigenvalue weighted by molar-refractivity contribution is 6.30. The van der Waals surface area contributed by atoms with Gasteiger partial charge >= 0.3 is 0 Å². The minimum atomic E-state index is -0.0644. The third-order valence-corrected chi connectivity index (χ3v) is 4.07. The van der Waals surface area contributed by atoms with Crippen molar-refractivity contribution in [1.82, 2.24) is 9.38 Å². The minimum absolute atomic E-state index is 0.0644. The molecule has 4 nitrogen and oxygen atoms in total. The molecule has 118 valence electrons. The maximum atomic E-state index is 13.1. The monoisotopic (exact) mass is 327 g/mol. The Morgan fingerprint density at radius 1 is 1.26 bits per heavy atom. The second kappa shape index (κ2) is 6.05. The van der Waals surface area contributed by atoms with Crippen LogP contribution in [0, 0.1) is 13.8 Å². The van der Waals surface area contributed by atoms with Gasteiger partial charge in [-0.2, -0.15) is 0 Å². The third kappa shape index (κ3) is 2.82. The van der Waals surface area contributed by atoms with Crippen molar-refractivity contribution in [3.63, 3.8) is 0 Å². The van der Waals surface area contributed by atoms with Crippen molar-refractivity contribution < 1.29 is 4.79 Å². The minimum Gasteiger partial charge on any atom is -0.307 e. The maximum absolute atomic E-state index is 13.1. The molecule has 2 aromatic heterocycles. The molecule has 0 fully saturated rings. The number of benzene rings is 1. The van der Waals surface area contributed by atoms with Crippen molar-refractivity contribution in [2.45, 2.75) is 20.8 Å². The van der Waals surface area contributed by atoms with E-state index in [1.165, 1.54) is 0 Å². The van der Waals surface area contributed by atoms with Gasteiger partial charge in [0.25, 0.3) is 5.91 Å². The lowest BCUT2D eigenvalue weighted by molar-refractivity contribution is 0.0982. The number of amides is 1. The number of halogens is 1. The molecule has 1 amide bonds. The van der Waals surface area contributed by atoms with Crippen LogP contribution in [0.15, 0.2) is 42.6 Å². The molecule has 1 aromatic carbocycles. The van der Waals surface area contributed by atoms with E-state index < -0.39 is 0 Å². The van der Waals surface area contributed by atoms with Crippen molar-refractivity contribution >= 4 is 28.8 Å². The van der Waals surface area contributed by atoms with Gasteiger partial charge < -0.3 is 4.90 Å². The van der Waals surface area contributed by atoms with Crippen molar-refractivity contribution in [2.75, 3.05) is 11.4 Å². The van der Waals surface area contributed by atoms with E-state index in [0.717, 1.165) is 11.3 Å². The second-order valence-electron chi connectivity index (χ2n) is 5.51. The number of fused-ring (bicyclic) bond motifs is 1. The van der Waals surface area contributed by atoms with Crippen molar-refractivity contribution in [2.24, 2.45) is 0 Å². The van der Waals surface area contributed by atoms with Crippen LogP contribution in [-0.2, 0) is 0 Å². The smallest absolute Gasteiger partial charge is 0.277 e. The van der Waals surface area contributed by atoms with Crippen LogP contribution in [0.1, 0.15) is 28.7 Å². The molecule has 0 bridgehead atoms. The van der Waals surface area contributed by atoms with E-state index in [4.69, 9.17) is 11.6 Å². The summed E-state index contributed by atoms with van der Waals surface area (Å²) in [6.07, 6.45) is 1.79. The van der Waals surface area contributed by atoms with Gasteiger partial charge in [-0.05, 0) is 44.5 Å². The summed E-state index contributed by atoms with van der Waals surface area (Å²) in [5.74, 6) is -0.0644. The Hall–Kier alpha value is -2.33. The van der Waals surface area contributed by atoms with Crippen LogP contribution in [0.2, 0.25) is 5.02 Å². The number of rotatable bonds is 3. The molecule has 0 saturated carbocycles. The Bertz CT molecular complexity index is 885. The summed E-state index contributed by atoms with van der Waals surface area (Å²) in [5, 5.41) is 0.604. The number of hydrogen-bond donors (Lipinski definition) is 0. The molecule has 0 saturated heterocycles. The van der Waals surface area contributed by atoms with Gasteiger partial charge in [-0.3, -0.25) is 9.20 Å². The van der Waals surface area contributed by atoms with Crippen LogP contribution < -0.4 is 4.90 Å². The number of carbonyl (C=O) groups excluding carboxylic acids is 1. The number of aromatic nitrogens is 2. The number of hydrogen-bond acceptors (Lipinski definition) is 2.